The summed E-state index contributed by atoms with van der Waals surface area (Å²) in [6.45, 7) is 9.54. The van der Waals surface area contributed by atoms with Gasteiger partial charge in [-0.05, 0) is 37.1 Å². The van der Waals surface area contributed by atoms with Crippen LogP contribution in [0.3, 0.4) is 0 Å². The Kier molecular flexibility index (Phi) is 9.83. The lowest BCUT2D eigenvalue weighted by atomic mass is 10.1. The topological polar surface area (TPSA) is 55.2 Å². The molecule has 2 aromatic carbocycles. The van der Waals surface area contributed by atoms with Gasteiger partial charge in [-0.2, -0.15) is 0 Å². The molecule has 0 amide bonds. The Hall–Kier alpha value is -2.11. The third-order valence-corrected chi connectivity index (χ3v) is 4.75. The summed E-state index contributed by atoms with van der Waals surface area (Å²) < 4.78 is 1.00. The van der Waals surface area contributed by atoms with Gasteiger partial charge in [0, 0.05) is 23.4 Å². The van der Waals surface area contributed by atoms with Crippen LogP contribution >= 0.6 is 0 Å². The molecular formula is C21H30ClN3O2. The summed E-state index contributed by atoms with van der Waals surface area (Å²) in [5.74, 6) is 0. The Morgan fingerprint density at radius 3 is 2.04 bits per heavy atom. The molecule has 0 aromatic heterocycles. The SMILES string of the molecule is CCC[N+](CCC)(CCNc1ccccc1)Cc1ccc([N+](=O)[O-])cc1.[Cl-]. The van der Waals surface area contributed by atoms with Crippen molar-refractivity contribution in [1.82, 2.24) is 0 Å². The quantitative estimate of drug-likeness (QED) is 0.361. The highest BCUT2D eigenvalue weighted by molar-refractivity contribution is 5.42. The van der Waals surface area contributed by atoms with Crippen molar-refractivity contribution in [2.24, 2.45) is 0 Å². The summed E-state index contributed by atoms with van der Waals surface area (Å²) in [6.07, 6.45) is 2.25. The summed E-state index contributed by atoms with van der Waals surface area (Å²) >= 11 is 0. The van der Waals surface area contributed by atoms with Gasteiger partial charge >= 0.3 is 0 Å². The Labute approximate surface area is 168 Å². The highest BCUT2D eigenvalue weighted by Gasteiger charge is 2.26. The van der Waals surface area contributed by atoms with E-state index in [1.165, 1.54) is 0 Å². The van der Waals surface area contributed by atoms with Crippen molar-refractivity contribution >= 4 is 11.4 Å². The zero-order valence-corrected chi connectivity index (χ0v) is 17.0. The zero-order chi connectivity index (χ0) is 18.8. The van der Waals surface area contributed by atoms with E-state index in [1.54, 1.807) is 12.1 Å². The average Bonchev–Trinajstić information content (AvgIpc) is 2.63. The van der Waals surface area contributed by atoms with E-state index in [9.17, 15) is 10.1 Å². The van der Waals surface area contributed by atoms with E-state index in [2.05, 4.69) is 31.3 Å². The Morgan fingerprint density at radius 1 is 0.926 bits per heavy atom. The number of para-hydroxylation sites is 1. The first-order valence-corrected chi connectivity index (χ1v) is 9.46. The van der Waals surface area contributed by atoms with Crippen LogP contribution in [0.2, 0.25) is 0 Å². The van der Waals surface area contributed by atoms with Gasteiger partial charge < -0.3 is 22.2 Å². The molecule has 0 aliphatic carbocycles. The molecular weight excluding hydrogens is 362 g/mol. The summed E-state index contributed by atoms with van der Waals surface area (Å²) in [5, 5.41) is 14.4. The predicted molar refractivity (Wildman–Crippen MR) is 107 cm³/mol. The number of nitrogens with one attached hydrogen (secondary N) is 1. The molecule has 0 heterocycles. The van der Waals surface area contributed by atoms with Crippen LogP contribution in [0.1, 0.15) is 32.3 Å². The minimum Gasteiger partial charge on any atom is -1.00 e. The molecule has 0 unspecified atom stereocenters. The summed E-state index contributed by atoms with van der Waals surface area (Å²) in [7, 11) is 0. The van der Waals surface area contributed by atoms with Crippen LogP contribution in [0, 0.1) is 10.1 Å². The van der Waals surface area contributed by atoms with Gasteiger partial charge in [-0.1, -0.05) is 32.0 Å². The van der Waals surface area contributed by atoms with Gasteiger partial charge in [0.05, 0.1) is 31.1 Å². The van der Waals surface area contributed by atoms with Gasteiger partial charge in [0.15, 0.2) is 0 Å². The fraction of sp³-hybridized carbons (Fsp3) is 0.429. The molecule has 5 nitrogen and oxygen atoms in total. The lowest BCUT2D eigenvalue weighted by Gasteiger charge is -2.39. The lowest BCUT2D eigenvalue weighted by Crippen LogP contribution is -3.00. The van der Waals surface area contributed by atoms with E-state index in [-0.39, 0.29) is 23.0 Å². The molecule has 1 N–H and O–H groups in total. The first-order chi connectivity index (χ1) is 12.6. The van der Waals surface area contributed by atoms with Crippen molar-refractivity contribution in [3.63, 3.8) is 0 Å². The molecule has 0 spiro atoms. The fourth-order valence-electron chi connectivity index (χ4n) is 3.63. The van der Waals surface area contributed by atoms with Crippen LogP contribution in [0.25, 0.3) is 0 Å². The number of nitro groups is 1. The van der Waals surface area contributed by atoms with E-state index in [4.69, 9.17) is 0 Å². The summed E-state index contributed by atoms with van der Waals surface area (Å²) in [6, 6.07) is 17.3. The van der Waals surface area contributed by atoms with Crippen LogP contribution in [-0.4, -0.2) is 35.6 Å². The number of nitrogens with zero attached hydrogens (tertiary/aromatic N) is 2. The predicted octanol–water partition coefficient (Wildman–Crippen LogP) is 1.85. The summed E-state index contributed by atoms with van der Waals surface area (Å²) in [4.78, 5) is 10.5. The first-order valence-electron chi connectivity index (χ1n) is 9.46. The molecule has 0 atom stereocenters. The van der Waals surface area contributed by atoms with Crippen molar-refractivity contribution in [3.8, 4) is 0 Å². The number of hydrogen-bond donors (Lipinski definition) is 1. The number of halogens is 1. The molecule has 0 aliphatic rings. The molecule has 0 bridgehead atoms. The normalized spacial score (nSPS) is 10.9. The molecule has 0 saturated carbocycles. The first kappa shape index (κ1) is 22.9. The van der Waals surface area contributed by atoms with Crippen molar-refractivity contribution < 1.29 is 21.8 Å². The van der Waals surface area contributed by atoms with Gasteiger partial charge in [0.25, 0.3) is 5.69 Å². The lowest BCUT2D eigenvalue weighted by molar-refractivity contribution is -0.939. The van der Waals surface area contributed by atoms with Crippen LogP contribution in [0.15, 0.2) is 54.6 Å². The number of non-ortho nitro benzene ring substituents is 1. The highest BCUT2D eigenvalue weighted by Crippen LogP contribution is 2.20. The maximum Gasteiger partial charge on any atom is 0.269 e. The van der Waals surface area contributed by atoms with Crippen LogP contribution in [0.4, 0.5) is 11.4 Å². The standard InChI is InChI=1S/C21H30N3O2.ClH/c1-3-15-24(16-4-2,17-14-22-20-8-6-5-7-9-20)18-19-10-12-21(13-11-19)23(25)26;/h5-13,22H,3-4,14-18H2,1-2H3;1H/q+1;/p-1. The molecule has 148 valence electrons. The van der Waals surface area contributed by atoms with Crippen molar-refractivity contribution in [1.29, 1.82) is 0 Å². The van der Waals surface area contributed by atoms with Crippen molar-refractivity contribution in [3.05, 3.63) is 70.3 Å². The second-order valence-electron chi connectivity index (χ2n) is 6.89. The third-order valence-electron chi connectivity index (χ3n) is 4.75. The number of rotatable bonds is 11. The maximum atomic E-state index is 10.9. The second kappa shape index (κ2) is 11.6. The zero-order valence-electron chi connectivity index (χ0n) is 16.2. The van der Waals surface area contributed by atoms with Crippen LogP contribution in [-0.2, 0) is 6.54 Å². The minimum absolute atomic E-state index is 0. The van der Waals surface area contributed by atoms with E-state index in [0.717, 1.165) is 61.3 Å². The van der Waals surface area contributed by atoms with E-state index in [0.29, 0.717) is 0 Å². The van der Waals surface area contributed by atoms with Crippen molar-refractivity contribution in [2.45, 2.75) is 33.2 Å². The Bertz CT molecular complexity index is 672. The number of benzene rings is 2. The number of quaternary nitrogens is 1. The van der Waals surface area contributed by atoms with E-state index in [1.807, 2.05) is 30.3 Å². The number of anilines is 1. The third kappa shape index (κ3) is 7.19. The van der Waals surface area contributed by atoms with Gasteiger partial charge in [-0.15, -0.1) is 0 Å². The van der Waals surface area contributed by atoms with Gasteiger partial charge in [0.2, 0.25) is 0 Å². The molecule has 0 saturated heterocycles. The fourth-order valence-corrected chi connectivity index (χ4v) is 3.63. The van der Waals surface area contributed by atoms with Crippen molar-refractivity contribution in [2.75, 3.05) is 31.5 Å². The largest absolute Gasteiger partial charge is 1.00 e. The number of nitro benzene ring substituents is 1. The van der Waals surface area contributed by atoms with Gasteiger partial charge in [0.1, 0.15) is 6.54 Å². The molecule has 0 aliphatic heterocycles. The molecule has 2 rings (SSSR count). The molecule has 2 aromatic rings. The second-order valence-corrected chi connectivity index (χ2v) is 6.89. The smallest absolute Gasteiger partial charge is 0.269 e. The number of hydrogen-bond acceptors (Lipinski definition) is 3. The minimum atomic E-state index is -0.340. The van der Waals surface area contributed by atoms with E-state index >= 15 is 0 Å². The monoisotopic (exact) mass is 391 g/mol. The molecule has 0 radical (unpaired) electrons. The Balaban J connectivity index is 0.00000364. The summed E-state index contributed by atoms with van der Waals surface area (Å²) in [5.41, 5.74) is 2.47. The average molecular weight is 392 g/mol. The van der Waals surface area contributed by atoms with Gasteiger partial charge in [-0.3, -0.25) is 10.1 Å². The molecule has 6 heteroatoms. The van der Waals surface area contributed by atoms with E-state index < -0.39 is 0 Å². The molecule has 0 fully saturated rings. The molecule has 27 heavy (non-hydrogen) atoms. The van der Waals surface area contributed by atoms with Gasteiger partial charge in [-0.25, -0.2) is 0 Å². The van der Waals surface area contributed by atoms with Crippen LogP contribution in [0.5, 0.6) is 0 Å². The maximum absolute atomic E-state index is 10.9. The highest BCUT2D eigenvalue weighted by atomic mass is 35.5. The Morgan fingerprint density at radius 2 is 1.52 bits per heavy atom. The van der Waals surface area contributed by atoms with Crippen LogP contribution < -0.4 is 17.7 Å².